The van der Waals surface area contributed by atoms with Crippen LogP contribution in [0, 0.1) is 6.92 Å². The minimum absolute atomic E-state index is 0.330. The van der Waals surface area contributed by atoms with Gasteiger partial charge in [-0.25, -0.2) is 10.4 Å². The zero-order chi connectivity index (χ0) is 18.5. The van der Waals surface area contributed by atoms with Crippen LogP contribution in [0.2, 0.25) is 0 Å². The number of carbonyl (C=O) groups excluding carboxylic acids is 1. The number of hydrazone groups is 1. The number of ether oxygens (including phenoxy) is 1. The maximum Gasteiger partial charge on any atom is 0.290 e. The second-order valence-corrected chi connectivity index (χ2v) is 6.41. The molecule has 2 heterocycles. The van der Waals surface area contributed by atoms with Crippen molar-refractivity contribution in [2.24, 2.45) is 5.10 Å². The summed E-state index contributed by atoms with van der Waals surface area (Å²) in [6.07, 6.45) is 5.04. The minimum Gasteiger partial charge on any atom is -0.490 e. The molecule has 0 bridgehead atoms. The lowest BCUT2D eigenvalue weighted by Gasteiger charge is -2.04. The molecule has 26 heavy (non-hydrogen) atoms. The second-order valence-electron chi connectivity index (χ2n) is 5.49. The number of carbonyl (C=O) groups is 1. The molecule has 0 spiro atoms. The molecule has 0 fully saturated rings. The Bertz CT molecular complexity index is 994. The van der Waals surface area contributed by atoms with Gasteiger partial charge in [0, 0.05) is 10.7 Å². The Morgan fingerprint density at radius 3 is 3.08 bits per heavy atom. The summed E-state index contributed by atoms with van der Waals surface area (Å²) in [5.74, 6) is 0.381. The summed E-state index contributed by atoms with van der Waals surface area (Å²) in [7, 11) is 0. The van der Waals surface area contributed by atoms with Gasteiger partial charge in [0.1, 0.15) is 23.7 Å². The van der Waals surface area contributed by atoms with Gasteiger partial charge in [0.2, 0.25) is 0 Å². The summed E-state index contributed by atoms with van der Waals surface area (Å²) in [4.78, 5) is 16.9. The van der Waals surface area contributed by atoms with Gasteiger partial charge in [-0.2, -0.15) is 5.10 Å². The van der Waals surface area contributed by atoms with E-state index in [1.54, 1.807) is 29.8 Å². The van der Waals surface area contributed by atoms with Gasteiger partial charge in [-0.1, -0.05) is 24.8 Å². The number of rotatable bonds is 6. The molecule has 0 aliphatic carbocycles. The molecular formula is C19H17BrN4O2. The molecule has 3 aromatic rings. The smallest absolute Gasteiger partial charge is 0.290 e. The lowest BCUT2D eigenvalue weighted by atomic mass is 10.2. The van der Waals surface area contributed by atoms with Crippen LogP contribution >= 0.6 is 15.9 Å². The van der Waals surface area contributed by atoms with Gasteiger partial charge in [-0.05, 0) is 52.7 Å². The number of fused-ring (bicyclic) bond motifs is 1. The van der Waals surface area contributed by atoms with Gasteiger partial charge in [-0.3, -0.25) is 9.20 Å². The predicted octanol–water partition coefficient (Wildman–Crippen LogP) is 3.73. The summed E-state index contributed by atoms with van der Waals surface area (Å²) >= 11 is 3.40. The lowest BCUT2D eigenvalue weighted by Crippen LogP contribution is -2.20. The van der Waals surface area contributed by atoms with Crippen molar-refractivity contribution in [3.63, 3.8) is 0 Å². The standard InChI is InChI=1S/C19H17BrN4O2/c1-3-9-26-16-6-4-5-14(10-16)11-21-23-19(25)18-13(2)22-17-8-7-15(20)12-24(17)18/h3-8,10-12H,1,9H2,2H3,(H,23,25)/b21-11-. The molecule has 0 saturated heterocycles. The van der Waals surface area contributed by atoms with Crippen LogP contribution in [0.3, 0.4) is 0 Å². The van der Waals surface area contributed by atoms with E-state index in [0.717, 1.165) is 10.0 Å². The van der Waals surface area contributed by atoms with Crippen molar-refractivity contribution in [1.29, 1.82) is 0 Å². The Morgan fingerprint density at radius 1 is 1.42 bits per heavy atom. The number of hydrogen-bond acceptors (Lipinski definition) is 4. The third-order valence-electron chi connectivity index (χ3n) is 3.58. The van der Waals surface area contributed by atoms with Crippen LogP contribution in [0.5, 0.6) is 5.75 Å². The number of aryl methyl sites for hydroxylation is 1. The van der Waals surface area contributed by atoms with Crippen LogP contribution in [-0.4, -0.2) is 28.1 Å². The number of halogens is 1. The van der Waals surface area contributed by atoms with Crippen LogP contribution in [-0.2, 0) is 0 Å². The zero-order valence-corrected chi connectivity index (χ0v) is 15.7. The van der Waals surface area contributed by atoms with E-state index in [1.165, 1.54) is 0 Å². The number of amides is 1. The molecule has 0 saturated carbocycles. The van der Waals surface area contributed by atoms with E-state index in [1.807, 2.05) is 36.4 Å². The lowest BCUT2D eigenvalue weighted by molar-refractivity contribution is 0.0948. The number of benzene rings is 1. The molecule has 1 amide bonds. The summed E-state index contributed by atoms with van der Waals surface area (Å²) in [5, 5.41) is 4.04. The average molecular weight is 413 g/mol. The van der Waals surface area contributed by atoms with Crippen molar-refractivity contribution in [3.05, 3.63) is 76.7 Å². The van der Waals surface area contributed by atoms with Crippen molar-refractivity contribution >= 4 is 33.7 Å². The van der Waals surface area contributed by atoms with E-state index in [-0.39, 0.29) is 5.91 Å². The molecule has 1 aromatic carbocycles. The molecule has 0 aliphatic rings. The molecule has 6 nitrogen and oxygen atoms in total. The van der Waals surface area contributed by atoms with Crippen LogP contribution in [0.4, 0.5) is 0 Å². The van der Waals surface area contributed by atoms with Gasteiger partial charge in [0.25, 0.3) is 5.91 Å². The van der Waals surface area contributed by atoms with Gasteiger partial charge in [0.05, 0.1) is 11.9 Å². The highest BCUT2D eigenvalue weighted by Crippen LogP contribution is 2.17. The molecule has 7 heteroatoms. The predicted molar refractivity (Wildman–Crippen MR) is 105 cm³/mol. The van der Waals surface area contributed by atoms with E-state index in [4.69, 9.17) is 4.74 Å². The number of hydrogen-bond donors (Lipinski definition) is 1. The third-order valence-corrected chi connectivity index (χ3v) is 4.05. The van der Waals surface area contributed by atoms with E-state index < -0.39 is 0 Å². The molecule has 0 radical (unpaired) electrons. The second kappa shape index (κ2) is 7.97. The summed E-state index contributed by atoms with van der Waals surface area (Å²) < 4.78 is 8.06. The number of imidazole rings is 1. The van der Waals surface area contributed by atoms with Crippen LogP contribution < -0.4 is 10.2 Å². The summed E-state index contributed by atoms with van der Waals surface area (Å²) in [5.41, 5.74) is 5.14. The molecule has 0 atom stereocenters. The quantitative estimate of drug-likeness (QED) is 0.381. The van der Waals surface area contributed by atoms with Crippen molar-refractivity contribution in [2.75, 3.05) is 6.61 Å². The number of aromatic nitrogens is 2. The summed E-state index contributed by atoms with van der Waals surface area (Å²) in [6, 6.07) is 11.1. The van der Waals surface area contributed by atoms with Gasteiger partial charge in [0.15, 0.2) is 0 Å². The Hall–Kier alpha value is -2.93. The third kappa shape index (κ3) is 4.00. The molecular weight excluding hydrogens is 396 g/mol. The molecule has 2 aromatic heterocycles. The highest BCUT2D eigenvalue weighted by Gasteiger charge is 2.16. The van der Waals surface area contributed by atoms with Crippen molar-refractivity contribution in [1.82, 2.24) is 14.8 Å². The van der Waals surface area contributed by atoms with Crippen molar-refractivity contribution in [2.45, 2.75) is 6.92 Å². The highest BCUT2D eigenvalue weighted by molar-refractivity contribution is 9.10. The molecule has 3 rings (SSSR count). The maximum atomic E-state index is 12.5. The minimum atomic E-state index is -0.330. The fraction of sp³-hybridized carbons (Fsp3) is 0.105. The molecule has 0 aliphatic heterocycles. The number of nitrogens with one attached hydrogen (secondary N) is 1. The average Bonchev–Trinajstić information content (AvgIpc) is 2.95. The van der Waals surface area contributed by atoms with Gasteiger partial charge >= 0.3 is 0 Å². The van der Waals surface area contributed by atoms with E-state index in [2.05, 4.69) is 38.0 Å². The normalized spacial score (nSPS) is 11.0. The van der Waals surface area contributed by atoms with Crippen molar-refractivity contribution in [3.8, 4) is 5.75 Å². The van der Waals surface area contributed by atoms with Crippen LogP contribution in [0.25, 0.3) is 5.65 Å². The monoisotopic (exact) mass is 412 g/mol. The fourth-order valence-electron chi connectivity index (χ4n) is 2.47. The van der Waals surface area contributed by atoms with Crippen LogP contribution in [0.15, 0.2) is 64.8 Å². The first-order chi connectivity index (χ1) is 12.6. The summed E-state index contributed by atoms with van der Waals surface area (Å²) in [6.45, 7) is 5.84. The van der Waals surface area contributed by atoms with E-state index >= 15 is 0 Å². The highest BCUT2D eigenvalue weighted by atomic mass is 79.9. The molecule has 0 unspecified atom stereocenters. The number of nitrogens with zero attached hydrogens (tertiary/aromatic N) is 3. The SMILES string of the molecule is C=CCOc1cccc(/C=N\NC(=O)c2c(C)nc3ccc(Br)cn23)c1. The van der Waals surface area contributed by atoms with E-state index in [0.29, 0.717) is 29.4 Å². The fourth-order valence-corrected chi connectivity index (χ4v) is 2.81. The maximum absolute atomic E-state index is 12.5. The first-order valence-electron chi connectivity index (χ1n) is 7.90. The van der Waals surface area contributed by atoms with E-state index in [9.17, 15) is 4.79 Å². The topological polar surface area (TPSA) is 68.0 Å². The largest absolute Gasteiger partial charge is 0.490 e. The van der Waals surface area contributed by atoms with Gasteiger partial charge < -0.3 is 4.74 Å². The van der Waals surface area contributed by atoms with Crippen molar-refractivity contribution < 1.29 is 9.53 Å². The zero-order valence-electron chi connectivity index (χ0n) is 14.1. The molecule has 132 valence electrons. The molecule has 1 N–H and O–H groups in total. The first kappa shape index (κ1) is 17.9. The van der Waals surface area contributed by atoms with Gasteiger partial charge in [-0.15, -0.1) is 0 Å². The first-order valence-corrected chi connectivity index (χ1v) is 8.69. The Balaban J connectivity index is 1.75. The Kier molecular flexibility index (Phi) is 5.48. The number of pyridine rings is 1. The van der Waals surface area contributed by atoms with Crippen LogP contribution in [0.1, 0.15) is 21.7 Å². The Labute approximate surface area is 159 Å². The Morgan fingerprint density at radius 2 is 2.27 bits per heavy atom.